The molecule has 0 unspecified atom stereocenters. The van der Waals surface area contributed by atoms with Crippen LogP contribution in [0.1, 0.15) is 5.56 Å². The Balaban J connectivity index is 1.52. The number of anilines is 1. The normalized spacial score (nSPS) is 11.2. The molecule has 0 saturated carbocycles. The third-order valence-electron chi connectivity index (χ3n) is 3.82. The summed E-state index contributed by atoms with van der Waals surface area (Å²) in [5.74, 6) is 0. The first-order valence-electron chi connectivity index (χ1n) is 7.78. The SMILES string of the molecule is Clc1ccccc1/C=N/Nc1nc(-c2ccc3ccccc3c2)cs1. The summed E-state index contributed by atoms with van der Waals surface area (Å²) in [4.78, 5) is 4.60. The number of fused-ring (bicyclic) bond motifs is 1. The maximum atomic E-state index is 6.11. The number of halogens is 1. The van der Waals surface area contributed by atoms with Crippen LogP contribution in [0.5, 0.6) is 0 Å². The molecule has 0 saturated heterocycles. The van der Waals surface area contributed by atoms with Crippen LogP contribution in [0.3, 0.4) is 0 Å². The van der Waals surface area contributed by atoms with Gasteiger partial charge in [-0.25, -0.2) is 4.98 Å². The molecular weight excluding hydrogens is 350 g/mol. The summed E-state index contributed by atoms with van der Waals surface area (Å²) in [7, 11) is 0. The predicted molar refractivity (Wildman–Crippen MR) is 108 cm³/mol. The molecule has 0 aliphatic rings. The van der Waals surface area contributed by atoms with Gasteiger partial charge in [-0.3, -0.25) is 5.43 Å². The highest BCUT2D eigenvalue weighted by molar-refractivity contribution is 7.14. The summed E-state index contributed by atoms with van der Waals surface area (Å²) in [6.07, 6.45) is 1.69. The lowest BCUT2D eigenvalue weighted by Gasteiger charge is -2.01. The Morgan fingerprint density at radius 3 is 2.64 bits per heavy atom. The number of aromatic nitrogens is 1. The molecule has 4 rings (SSSR count). The lowest BCUT2D eigenvalue weighted by Crippen LogP contribution is -1.90. The van der Waals surface area contributed by atoms with Gasteiger partial charge in [-0.15, -0.1) is 11.3 Å². The molecule has 0 radical (unpaired) electrons. The van der Waals surface area contributed by atoms with E-state index in [1.807, 2.05) is 41.8 Å². The van der Waals surface area contributed by atoms with Gasteiger partial charge in [-0.05, 0) is 22.9 Å². The zero-order valence-corrected chi connectivity index (χ0v) is 14.8. The fourth-order valence-corrected chi connectivity index (χ4v) is 3.40. The lowest BCUT2D eigenvalue weighted by atomic mass is 10.1. The van der Waals surface area contributed by atoms with Crippen LogP contribution in [0.4, 0.5) is 5.13 Å². The van der Waals surface area contributed by atoms with Gasteiger partial charge < -0.3 is 0 Å². The Hall–Kier alpha value is -2.69. The smallest absolute Gasteiger partial charge is 0.203 e. The van der Waals surface area contributed by atoms with Crippen LogP contribution in [0.25, 0.3) is 22.0 Å². The highest BCUT2D eigenvalue weighted by atomic mass is 35.5. The molecule has 5 heteroatoms. The second kappa shape index (κ2) is 7.05. The number of benzene rings is 3. The van der Waals surface area contributed by atoms with Crippen molar-refractivity contribution in [3.8, 4) is 11.3 Å². The molecule has 25 heavy (non-hydrogen) atoms. The van der Waals surface area contributed by atoms with Gasteiger partial charge in [0.25, 0.3) is 0 Å². The van der Waals surface area contributed by atoms with Crippen LogP contribution >= 0.6 is 22.9 Å². The van der Waals surface area contributed by atoms with Crippen LogP contribution in [0, 0.1) is 0 Å². The van der Waals surface area contributed by atoms with Gasteiger partial charge in [0.05, 0.1) is 11.9 Å². The number of rotatable bonds is 4. The first kappa shape index (κ1) is 15.8. The molecule has 1 N–H and O–H groups in total. The number of hydrogen-bond donors (Lipinski definition) is 1. The highest BCUT2D eigenvalue weighted by Crippen LogP contribution is 2.27. The molecule has 3 aromatic carbocycles. The average molecular weight is 364 g/mol. The number of nitrogens with zero attached hydrogens (tertiary/aromatic N) is 2. The minimum Gasteiger partial charge on any atom is -0.253 e. The summed E-state index contributed by atoms with van der Waals surface area (Å²) in [6.45, 7) is 0. The van der Waals surface area contributed by atoms with Crippen LogP contribution in [-0.2, 0) is 0 Å². The van der Waals surface area contributed by atoms with Gasteiger partial charge in [0, 0.05) is 21.5 Å². The Kier molecular flexibility index (Phi) is 4.46. The van der Waals surface area contributed by atoms with Crippen molar-refractivity contribution in [1.29, 1.82) is 0 Å². The summed E-state index contributed by atoms with van der Waals surface area (Å²) in [6, 6.07) is 22.2. The van der Waals surface area contributed by atoms with Crippen molar-refractivity contribution >= 4 is 45.1 Å². The van der Waals surface area contributed by atoms with Crippen molar-refractivity contribution in [3.63, 3.8) is 0 Å². The summed E-state index contributed by atoms with van der Waals surface area (Å²) < 4.78 is 0. The van der Waals surface area contributed by atoms with Crippen molar-refractivity contribution in [2.24, 2.45) is 5.10 Å². The Morgan fingerprint density at radius 2 is 1.76 bits per heavy atom. The first-order chi connectivity index (χ1) is 12.3. The molecule has 0 aliphatic heterocycles. The number of nitrogens with one attached hydrogen (secondary N) is 1. The molecular formula is C20H14ClN3S. The van der Waals surface area contributed by atoms with Crippen molar-refractivity contribution in [3.05, 3.63) is 82.7 Å². The summed E-state index contributed by atoms with van der Waals surface area (Å²) in [5, 5.41) is 10.1. The van der Waals surface area contributed by atoms with Crippen LogP contribution in [-0.4, -0.2) is 11.2 Å². The quantitative estimate of drug-likeness (QED) is 0.353. The van der Waals surface area contributed by atoms with Crippen molar-refractivity contribution in [2.45, 2.75) is 0 Å². The largest absolute Gasteiger partial charge is 0.253 e. The number of hydrazone groups is 1. The zero-order chi connectivity index (χ0) is 17.1. The van der Waals surface area contributed by atoms with Crippen LogP contribution in [0.2, 0.25) is 5.02 Å². The Morgan fingerprint density at radius 1 is 0.960 bits per heavy atom. The standard InChI is InChI=1S/C20H14ClN3S/c21-18-8-4-3-7-17(18)12-22-24-20-23-19(13-25-20)16-10-9-14-5-1-2-6-15(14)11-16/h1-13H,(H,23,24)/b22-12+. The van der Waals surface area contributed by atoms with E-state index in [0.29, 0.717) is 5.02 Å². The van der Waals surface area contributed by atoms with Gasteiger partial charge in [0.1, 0.15) is 0 Å². The fraction of sp³-hybridized carbons (Fsp3) is 0. The van der Waals surface area contributed by atoms with E-state index >= 15 is 0 Å². The van der Waals surface area contributed by atoms with Crippen LogP contribution < -0.4 is 5.43 Å². The molecule has 0 fully saturated rings. The van der Waals surface area contributed by atoms with E-state index < -0.39 is 0 Å². The second-order valence-electron chi connectivity index (χ2n) is 5.49. The summed E-state index contributed by atoms with van der Waals surface area (Å²) in [5.41, 5.74) is 5.86. The topological polar surface area (TPSA) is 37.3 Å². The van der Waals surface area contributed by atoms with Gasteiger partial charge in [-0.2, -0.15) is 5.10 Å². The Labute approximate surface area is 154 Å². The highest BCUT2D eigenvalue weighted by Gasteiger charge is 2.05. The van der Waals surface area contributed by atoms with E-state index in [4.69, 9.17) is 11.6 Å². The van der Waals surface area contributed by atoms with Crippen molar-refractivity contribution < 1.29 is 0 Å². The van der Waals surface area contributed by atoms with E-state index in [1.165, 1.54) is 22.1 Å². The van der Waals surface area contributed by atoms with E-state index in [1.54, 1.807) is 6.21 Å². The first-order valence-corrected chi connectivity index (χ1v) is 9.04. The maximum absolute atomic E-state index is 6.11. The third-order valence-corrected chi connectivity index (χ3v) is 4.91. The van der Waals surface area contributed by atoms with Gasteiger partial charge >= 0.3 is 0 Å². The fourth-order valence-electron chi connectivity index (χ4n) is 2.54. The number of thiazole rings is 1. The molecule has 0 aliphatic carbocycles. The minimum atomic E-state index is 0.670. The maximum Gasteiger partial charge on any atom is 0.203 e. The molecule has 3 nitrogen and oxygen atoms in total. The molecule has 122 valence electrons. The molecule has 0 bridgehead atoms. The predicted octanol–water partition coefficient (Wildman–Crippen LogP) is 6.06. The molecule has 1 aromatic heterocycles. The molecule has 4 aromatic rings. The van der Waals surface area contributed by atoms with Gasteiger partial charge in [-0.1, -0.05) is 66.2 Å². The zero-order valence-electron chi connectivity index (χ0n) is 13.2. The second-order valence-corrected chi connectivity index (χ2v) is 6.76. The monoisotopic (exact) mass is 363 g/mol. The van der Waals surface area contributed by atoms with Crippen molar-refractivity contribution in [2.75, 3.05) is 5.43 Å². The Bertz CT molecular complexity index is 1060. The van der Waals surface area contributed by atoms with Crippen molar-refractivity contribution in [1.82, 2.24) is 4.98 Å². The van der Waals surface area contributed by atoms with Gasteiger partial charge in [0.2, 0.25) is 5.13 Å². The number of hydrogen-bond acceptors (Lipinski definition) is 4. The van der Waals surface area contributed by atoms with E-state index in [2.05, 4.69) is 45.8 Å². The molecule has 0 atom stereocenters. The summed E-state index contributed by atoms with van der Waals surface area (Å²) >= 11 is 7.63. The average Bonchev–Trinajstić information content (AvgIpc) is 3.12. The van der Waals surface area contributed by atoms with E-state index in [9.17, 15) is 0 Å². The van der Waals surface area contributed by atoms with Gasteiger partial charge in [0.15, 0.2) is 0 Å². The molecule has 0 amide bonds. The molecule has 0 spiro atoms. The van der Waals surface area contributed by atoms with E-state index in [0.717, 1.165) is 22.0 Å². The molecule has 1 heterocycles. The minimum absolute atomic E-state index is 0.670. The van der Waals surface area contributed by atoms with E-state index in [-0.39, 0.29) is 0 Å². The third kappa shape index (κ3) is 3.55. The van der Waals surface area contributed by atoms with Crippen LogP contribution in [0.15, 0.2) is 77.2 Å². The lowest BCUT2D eigenvalue weighted by molar-refractivity contribution is 1.29.